The Bertz CT molecular complexity index is 1070. The molecular weight excluding hydrogens is 421 g/mol. The number of carbonyl (C=O) groups excluding carboxylic acids is 3. The predicted molar refractivity (Wildman–Crippen MR) is 97.6 cm³/mol. The van der Waals surface area contributed by atoms with Crippen LogP contribution >= 0.6 is 0 Å². The summed E-state index contributed by atoms with van der Waals surface area (Å²) in [5, 5.41) is 2.49. The number of alkyl halides is 3. The van der Waals surface area contributed by atoms with Gasteiger partial charge >= 0.3 is 12.4 Å². The summed E-state index contributed by atoms with van der Waals surface area (Å²) in [6, 6.07) is 8.26. The molecule has 0 saturated carbocycles. The lowest BCUT2D eigenvalue weighted by Gasteiger charge is -2.22. The van der Waals surface area contributed by atoms with Crippen LogP contribution in [0.15, 0.2) is 42.5 Å². The van der Waals surface area contributed by atoms with Gasteiger partial charge in [0.25, 0.3) is 5.91 Å². The van der Waals surface area contributed by atoms with Crippen molar-refractivity contribution in [2.24, 2.45) is 0 Å². The average Bonchev–Trinajstić information content (AvgIpc) is 3.25. The zero-order chi connectivity index (χ0) is 22.4. The summed E-state index contributed by atoms with van der Waals surface area (Å²) in [5.74, 6) is -0.811. The van der Waals surface area contributed by atoms with E-state index < -0.39 is 41.9 Å². The van der Waals surface area contributed by atoms with Crippen LogP contribution in [-0.2, 0) is 10.3 Å². The van der Waals surface area contributed by atoms with Gasteiger partial charge in [0.15, 0.2) is 17.3 Å². The number of rotatable bonds is 5. The molecule has 0 spiro atoms. The van der Waals surface area contributed by atoms with Crippen molar-refractivity contribution in [1.29, 1.82) is 0 Å². The quantitative estimate of drug-likeness (QED) is 0.572. The van der Waals surface area contributed by atoms with E-state index in [4.69, 9.17) is 9.47 Å². The van der Waals surface area contributed by atoms with Gasteiger partial charge in [-0.05, 0) is 42.8 Å². The third-order valence-corrected chi connectivity index (χ3v) is 4.94. The fourth-order valence-corrected chi connectivity index (χ4v) is 3.33. The van der Waals surface area contributed by atoms with Gasteiger partial charge in [0, 0.05) is 5.56 Å². The van der Waals surface area contributed by atoms with Crippen LogP contribution in [0.4, 0.5) is 18.0 Å². The second-order valence-electron chi connectivity index (χ2n) is 7.01. The summed E-state index contributed by atoms with van der Waals surface area (Å²) in [6.45, 7) is 0.915. The molecule has 162 valence electrons. The average molecular weight is 436 g/mol. The Morgan fingerprint density at radius 3 is 2.48 bits per heavy atom. The van der Waals surface area contributed by atoms with E-state index >= 15 is 0 Å². The van der Waals surface area contributed by atoms with Gasteiger partial charge < -0.3 is 19.5 Å². The minimum atomic E-state index is -4.85. The number of hydrogen-bond acceptors (Lipinski definition) is 6. The lowest BCUT2D eigenvalue weighted by atomic mass is 9.92. The number of hydrogen-bond donors (Lipinski definition) is 1. The van der Waals surface area contributed by atoms with Crippen molar-refractivity contribution in [3.8, 4) is 17.2 Å². The highest BCUT2D eigenvalue weighted by molar-refractivity contribution is 6.11. The summed E-state index contributed by atoms with van der Waals surface area (Å²) in [6.07, 6.45) is -4.85. The van der Waals surface area contributed by atoms with Gasteiger partial charge in [-0.1, -0.05) is 12.1 Å². The van der Waals surface area contributed by atoms with Crippen molar-refractivity contribution in [2.75, 3.05) is 13.3 Å². The van der Waals surface area contributed by atoms with Crippen LogP contribution in [-0.4, -0.2) is 42.3 Å². The molecule has 11 heteroatoms. The number of imide groups is 1. The van der Waals surface area contributed by atoms with E-state index in [0.29, 0.717) is 11.5 Å². The normalized spacial score (nSPS) is 20.1. The first-order valence-corrected chi connectivity index (χ1v) is 9.00. The fourth-order valence-electron chi connectivity index (χ4n) is 3.33. The number of ketones is 1. The Balaban J connectivity index is 1.51. The monoisotopic (exact) mass is 436 g/mol. The largest absolute Gasteiger partial charge is 0.573 e. The number of nitrogens with zero attached hydrogens (tertiary/aromatic N) is 1. The van der Waals surface area contributed by atoms with Gasteiger partial charge in [0.05, 0.1) is 6.54 Å². The highest BCUT2D eigenvalue weighted by Gasteiger charge is 2.49. The fraction of sp³-hybridized carbons (Fsp3) is 0.250. The van der Waals surface area contributed by atoms with E-state index in [9.17, 15) is 27.6 Å². The molecule has 1 N–H and O–H groups in total. The van der Waals surface area contributed by atoms with Crippen molar-refractivity contribution in [3.05, 3.63) is 53.6 Å². The maximum absolute atomic E-state index is 12.9. The molecule has 0 aromatic heterocycles. The summed E-state index contributed by atoms with van der Waals surface area (Å²) < 4.78 is 51.2. The summed E-state index contributed by atoms with van der Waals surface area (Å²) in [5.41, 5.74) is -1.09. The van der Waals surface area contributed by atoms with Crippen molar-refractivity contribution in [2.45, 2.75) is 18.8 Å². The minimum absolute atomic E-state index is 0.0329. The van der Waals surface area contributed by atoms with E-state index in [1.807, 2.05) is 0 Å². The van der Waals surface area contributed by atoms with Crippen LogP contribution in [0.1, 0.15) is 22.8 Å². The second kappa shape index (κ2) is 7.18. The summed E-state index contributed by atoms with van der Waals surface area (Å²) in [7, 11) is 0. The van der Waals surface area contributed by atoms with E-state index in [0.717, 1.165) is 17.0 Å². The molecule has 2 aliphatic rings. The number of carbonyl (C=O) groups is 3. The number of nitrogens with one attached hydrogen (secondary N) is 1. The van der Waals surface area contributed by atoms with Crippen molar-refractivity contribution in [1.82, 2.24) is 10.2 Å². The molecule has 1 saturated heterocycles. The number of benzene rings is 2. The number of amides is 3. The first-order chi connectivity index (χ1) is 14.6. The molecule has 1 atom stereocenters. The predicted octanol–water partition coefficient (Wildman–Crippen LogP) is 2.96. The second-order valence-corrected chi connectivity index (χ2v) is 7.01. The maximum atomic E-state index is 12.9. The van der Waals surface area contributed by atoms with Gasteiger partial charge in [0.1, 0.15) is 11.3 Å². The van der Waals surface area contributed by atoms with Gasteiger partial charge in [-0.3, -0.25) is 14.5 Å². The van der Waals surface area contributed by atoms with Gasteiger partial charge in [-0.15, -0.1) is 13.2 Å². The molecule has 2 heterocycles. The first-order valence-electron chi connectivity index (χ1n) is 9.00. The summed E-state index contributed by atoms with van der Waals surface area (Å²) in [4.78, 5) is 38.7. The van der Waals surface area contributed by atoms with Crippen molar-refractivity contribution >= 4 is 17.7 Å². The molecule has 3 amide bonds. The molecule has 4 rings (SSSR count). The molecule has 2 aliphatic heterocycles. The Hall–Kier alpha value is -3.76. The number of halogens is 3. The molecule has 8 nitrogen and oxygen atoms in total. The molecule has 1 unspecified atom stereocenters. The third kappa shape index (κ3) is 3.86. The minimum Gasteiger partial charge on any atom is -0.454 e. The molecule has 2 aromatic carbocycles. The molecule has 0 radical (unpaired) electrons. The Kier molecular flexibility index (Phi) is 4.75. The SMILES string of the molecule is CC1(c2ccc(OC(F)(F)F)cc2)NC(=O)N(CC(=O)c2ccc3c(c2)OCO3)C1=O. The zero-order valence-electron chi connectivity index (χ0n) is 16.0. The smallest absolute Gasteiger partial charge is 0.454 e. The highest BCUT2D eigenvalue weighted by Crippen LogP contribution is 2.34. The molecule has 31 heavy (non-hydrogen) atoms. The van der Waals surface area contributed by atoms with Crippen LogP contribution in [0.25, 0.3) is 0 Å². The van der Waals surface area contributed by atoms with Gasteiger partial charge in [-0.25, -0.2) is 4.79 Å². The van der Waals surface area contributed by atoms with E-state index in [1.165, 1.54) is 31.2 Å². The number of urea groups is 1. The van der Waals surface area contributed by atoms with Gasteiger partial charge in [-0.2, -0.15) is 0 Å². The van der Waals surface area contributed by atoms with Crippen LogP contribution in [0.3, 0.4) is 0 Å². The van der Waals surface area contributed by atoms with Crippen LogP contribution in [0.5, 0.6) is 17.2 Å². The molecule has 1 fully saturated rings. The standard InChI is InChI=1S/C20H15F3N2O6/c1-19(12-3-5-13(6-4-12)31-20(21,22)23)17(27)25(18(28)24-19)9-14(26)11-2-7-15-16(8-11)30-10-29-15/h2-8H,9-10H2,1H3,(H,24,28). The van der Waals surface area contributed by atoms with Crippen molar-refractivity contribution < 1.29 is 41.8 Å². The number of Topliss-reactive ketones (excluding diaryl/α,β-unsaturated/α-hetero) is 1. The Labute approximate surface area is 173 Å². The molecular formula is C20H15F3N2O6. The number of ether oxygens (including phenoxy) is 3. The molecule has 0 aliphatic carbocycles. The topological polar surface area (TPSA) is 94.2 Å². The lowest BCUT2D eigenvalue weighted by molar-refractivity contribution is -0.274. The zero-order valence-corrected chi connectivity index (χ0v) is 16.0. The number of fused-ring (bicyclic) bond motifs is 1. The van der Waals surface area contributed by atoms with Crippen molar-refractivity contribution in [3.63, 3.8) is 0 Å². The maximum Gasteiger partial charge on any atom is 0.573 e. The Morgan fingerprint density at radius 2 is 1.81 bits per heavy atom. The third-order valence-electron chi connectivity index (χ3n) is 4.94. The van der Waals surface area contributed by atoms with E-state index in [-0.39, 0.29) is 17.9 Å². The van der Waals surface area contributed by atoms with Gasteiger partial charge in [0.2, 0.25) is 6.79 Å². The summed E-state index contributed by atoms with van der Waals surface area (Å²) >= 11 is 0. The van der Waals surface area contributed by atoms with Crippen LogP contribution < -0.4 is 19.5 Å². The van der Waals surface area contributed by atoms with E-state index in [2.05, 4.69) is 10.1 Å². The highest BCUT2D eigenvalue weighted by atomic mass is 19.4. The first kappa shape index (κ1) is 20.5. The molecule has 2 aromatic rings. The van der Waals surface area contributed by atoms with E-state index in [1.54, 1.807) is 6.07 Å². The van der Waals surface area contributed by atoms with Crippen LogP contribution in [0.2, 0.25) is 0 Å². The molecule has 0 bridgehead atoms. The van der Waals surface area contributed by atoms with Crippen LogP contribution in [0, 0.1) is 0 Å². The lowest BCUT2D eigenvalue weighted by Crippen LogP contribution is -2.41. The Morgan fingerprint density at radius 1 is 1.13 bits per heavy atom.